The molecule has 0 spiro atoms. The van der Waals surface area contributed by atoms with E-state index in [9.17, 15) is 0 Å². The largest absolute Gasteiger partial charge is 0.236 e. The van der Waals surface area contributed by atoms with E-state index in [4.69, 9.17) is 0 Å². The van der Waals surface area contributed by atoms with E-state index in [1.54, 1.807) is 11.3 Å². The lowest BCUT2D eigenvalue weighted by atomic mass is 10.2. The van der Waals surface area contributed by atoms with Crippen LogP contribution in [0.2, 0.25) is 0 Å². The molecule has 3 aromatic rings. The summed E-state index contributed by atoms with van der Waals surface area (Å²) in [6.45, 7) is 2.10. The molecule has 0 saturated heterocycles. The van der Waals surface area contributed by atoms with E-state index in [2.05, 4.69) is 60.1 Å². The van der Waals surface area contributed by atoms with Crippen molar-refractivity contribution in [3.05, 3.63) is 48.3 Å². The second kappa shape index (κ2) is 3.93. The number of fused-ring (bicyclic) bond motifs is 1. The van der Waals surface area contributed by atoms with Gasteiger partial charge in [-0.25, -0.2) is 9.55 Å². The van der Waals surface area contributed by atoms with Gasteiger partial charge in [0.25, 0.3) is 0 Å². The van der Waals surface area contributed by atoms with Crippen LogP contribution in [-0.2, 0) is 7.05 Å². The molecule has 0 atom stereocenters. The third-order valence-corrected chi connectivity index (χ3v) is 4.02. The van der Waals surface area contributed by atoms with Crippen molar-refractivity contribution >= 4 is 21.6 Å². The van der Waals surface area contributed by atoms with E-state index >= 15 is 0 Å². The van der Waals surface area contributed by atoms with Crippen molar-refractivity contribution in [2.24, 2.45) is 7.05 Å². The molecule has 0 unspecified atom stereocenters. The second-order valence-corrected chi connectivity index (χ2v) is 5.19. The third-order valence-electron chi connectivity index (χ3n) is 2.93. The molecule has 17 heavy (non-hydrogen) atoms. The lowest BCUT2D eigenvalue weighted by Crippen LogP contribution is -2.31. The Morgan fingerprint density at radius 3 is 2.71 bits per heavy atom. The number of aromatic nitrogens is 2. The van der Waals surface area contributed by atoms with Crippen LogP contribution in [-0.4, -0.2) is 4.98 Å². The Labute approximate surface area is 104 Å². The molecule has 1 aromatic carbocycles. The van der Waals surface area contributed by atoms with Gasteiger partial charge in [0.05, 0.1) is 15.8 Å². The molecule has 0 saturated carbocycles. The number of hydrogen-bond acceptors (Lipinski definition) is 2. The summed E-state index contributed by atoms with van der Waals surface area (Å²) in [7, 11) is 2.06. The van der Waals surface area contributed by atoms with E-state index in [0.29, 0.717) is 0 Å². The molecule has 3 heteroatoms. The molecule has 0 bridgehead atoms. The summed E-state index contributed by atoms with van der Waals surface area (Å²) in [4.78, 5) is 4.66. The van der Waals surface area contributed by atoms with E-state index < -0.39 is 0 Å². The number of thiazole rings is 1. The summed E-state index contributed by atoms with van der Waals surface area (Å²) < 4.78 is 3.37. The number of pyridine rings is 1. The first-order chi connectivity index (χ1) is 8.24. The average Bonchev–Trinajstić information content (AvgIpc) is 2.76. The fourth-order valence-corrected chi connectivity index (χ4v) is 2.76. The van der Waals surface area contributed by atoms with Crippen molar-refractivity contribution in [1.29, 1.82) is 0 Å². The highest BCUT2D eigenvalue weighted by molar-refractivity contribution is 7.21. The Morgan fingerprint density at radius 2 is 1.94 bits per heavy atom. The zero-order chi connectivity index (χ0) is 11.8. The van der Waals surface area contributed by atoms with Gasteiger partial charge in [0, 0.05) is 13.0 Å². The fraction of sp³-hybridized carbons (Fsp3) is 0.143. The lowest BCUT2D eigenvalue weighted by Gasteiger charge is -1.96. The van der Waals surface area contributed by atoms with Crippen LogP contribution >= 0.6 is 11.3 Å². The normalized spacial score (nSPS) is 10.9. The van der Waals surface area contributed by atoms with Crippen molar-refractivity contribution in [2.75, 3.05) is 0 Å². The predicted octanol–water partition coefficient (Wildman–Crippen LogP) is 3.10. The maximum atomic E-state index is 4.66. The topological polar surface area (TPSA) is 16.8 Å². The number of nitrogens with zero attached hydrogens (tertiary/aromatic N) is 2. The molecular weight excluding hydrogens is 228 g/mol. The van der Waals surface area contributed by atoms with Crippen molar-refractivity contribution in [1.82, 2.24) is 4.98 Å². The van der Waals surface area contributed by atoms with Crippen LogP contribution in [0, 0.1) is 6.92 Å². The van der Waals surface area contributed by atoms with Crippen LogP contribution in [0.5, 0.6) is 0 Å². The van der Waals surface area contributed by atoms with Crippen LogP contribution in [0.4, 0.5) is 0 Å². The van der Waals surface area contributed by atoms with Gasteiger partial charge >= 0.3 is 0 Å². The van der Waals surface area contributed by atoms with Crippen LogP contribution in [0.25, 0.3) is 20.8 Å². The molecule has 0 radical (unpaired) electrons. The second-order valence-electron chi connectivity index (χ2n) is 4.16. The minimum atomic E-state index is 1.08. The van der Waals surface area contributed by atoms with Crippen molar-refractivity contribution < 1.29 is 4.57 Å². The molecule has 0 fully saturated rings. The van der Waals surface area contributed by atoms with Gasteiger partial charge in [0.1, 0.15) is 12.1 Å². The van der Waals surface area contributed by atoms with Gasteiger partial charge in [-0.05, 0) is 18.2 Å². The highest BCUT2D eigenvalue weighted by atomic mass is 32.1. The van der Waals surface area contributed by atoms with E-state index in [-0.39, 0.29) is 0 Å². The van der Waals surface area contributed by atoms with Crippen LogP contribution < -0.4 is 4.57 Å². The van der Waals surface area contributed by atoms with Crippen molar-refractivity contribution in [3.63, 3.8) is 0 Å². The molecule has 0 aliphatic carbocycles. The Kier molecular flexibility index (Phi) is 2.41. The van der Waals surface area contributed by atoms with Crippen molar-refractivity contribution in [2.45, 2.75) is 6.92 Å². The van der Waals surface area contributed by atoms with E-state index in [1.165, 1.54) is 16.0 Å². The standard InChI is InChI=1S/C14H13N2S/c1-10-7-8-11(9-16(10)2)14-15-12-5-3-4-6-13(12)17-14/h3-9H,1-2H3/q+1. The minimum Gasteiger partial charge on any atom is -0.236 e. The summed E-state index contributed by atoms with van der Waals surface area (Å²) in [5.74, 6) is 0. The monoisotopic (exact) mass is 241 g/mol. The Bertz CT molecular complexity index is 653. The number of rotatable bonds is 1. The first-order valence-corrected chi connectivity index (χ1v) is 6.38. The zero-order valence-corrected chi connectivity index (χ0v) is 10.7. The molecule has 0 N–H and O–H groups in total. The lowest BCUT2D eigenvalue weighted by molar-refractivity contribution is -0.677. The highest BCUT2D eigenvalue weighted by Crippen LogP contribution is 2.29. The zero-order valence-electron chi connectivity index (χ0n) is 9.84. The summed E-state index contributed by atoms with van der Waals surface area (Å²) in [6.07, 6.45) is 2.13. The fourth-order valence-electron chi connectivity index (χ4n) is 1.80. The first-order valence-electron chi connectivity index (χ1n) is 5.56. The van der Waals surface area contributed by atoms with E-state index in [0.717, 1.165) is 10.5 Å². The van der Waals surface area contributed by atoms with Gasteiger partial charge < -0.3 is 0 Å². The summed E-state index contributed by atoms with van der Waals surface area (Å²) in [6, 6.07) is 12.5. The molecule has 84 valence electrons. The van der Waals surface area contributed by atoms with Gasteiger partial charge in [-0.3, -0.25) is 0 Å². The highest BCUT2D eigenvalue weighted by Gasteiger charge is 2.09. The van der Waals surface area contributed by atoms with E-state index in [1.807, 2.05) is 6.07 Å². The van der Waals surface area contributed by atoms with Gasteiger partial charge in [0.15, 0.2) is 11.9 Å². The van der Waals surface area contributed by atoms with Gasteiger partial charge in [0.2, 0.25) is 0 Å². The Hall–Kier alpha value is -1.74. The average molecular weight is 241 g/mol. The molecule has 0 aliphatic heterocycles. The number of hydrogen-bond donors (Lipinski definition) is 0. The molecule has 2 heterocycles. The Morgan fingerprint density at radius 1 is 1.12 bits per heavy atom. The minimum absolute atomic E-state index is 1.08. The summed E-state index contributed by atoms with van der Waals surface area (Å²) in [5.41, 5.74) is 3.50. The summed E-state index contributed by atoms with van der Waals surface area (Å²) >= 11 is 1.74. The van der Waals surface area contributed by atoms with Crippen LogP contribution in [0.1, 0.15) is 5.69 Å². The number of benzene rings is 1. The van der Waals surface area contributed by atoms with Gasteiger partial charge in [-0.2, -0.15) is 0 Å². The maximum absolute atomic E-state index is 4.66. The SMILES string of the molecule is Cc1ccc(-c2nc3ccccc3s2)c[n+]1C. The van der Waals surface area contributed by atoms with Gasteiger partial charge in [-0.15, -0.1) is 11.3 Å². The smallest absolute Gasteiger partial charge is 0.179 e. The first kappa shape index (κ1) is 10.4. The number of para-hydroxylation sites is 1. The van der Waals surface area contributed by atoms with Crippen LogP contribution in [0.15, 0.2) is 42.6 Å². The van der Waals surface area contributed by atoms with Crippen LogP contribution in [0.3, 0.4) is 0 Å². The summed E-state index contributed by atoms with van der Waals surface area (Å²) in [5, 5.41) is 1.09. The molecule has 2 nitrogen and oxygen atoms in total. The molecular formula is C14H13N2S+. The molecule has 3 rings (SSSR count). The van der Waals surface area contributed by atoms with Crippen molar-refractivity contribution in [3.8, 4) is 10.6 Å². The maximum Gasteiger partial charge on any atom is 0.179 e. The third kappa shape index (κ3) is 1.83. The molecule has 0 aliphatic rings. The Balaban J connectivity index is 2.17. The van der Waals surface area contributed by atoms with Gasteiger partial charge in [-0.1, -0.05) is 12.1 Å². The molecule has 0 amide bonds. The predicted molar refractivity (Wildman–Crippen MR) is 71.0 cm³/mol. The quantitative estimate of drug-likeness (QED) is 0.598. The number of aryl methyl sites for hydroxylation is 2. The molecule has 2 aromatic heterocycles.